The van der Waals surface area contributed by atoms with E-state index in [1.54, 1.807) is 20.0 Å². The number of hydrogen-bond donors (Lipinski definition) is 1. The van der Waals surface area contributed by atoms with Crippen molar-refractivity contribution < 1.29 is 18.7 Å². The van der Waals surface area contributed by atoms with E-state index in [4.69, 9.17) is 9.47 Å². The monoisotopic (exact) mass is 344 g/mol. The lowest BCUT2D eigenvalue weighted by Crippen LogP contribution is -2.37. The van der Waals surface area contributed by atoms with Crippen molar-refractivity contribution in [3.63, 3.8) is 0 Å². The number of carbonyl (C=O) groups is 1. The van der Waals surface area contributed by atoms with Gasteiger partial charge in [0.05, 0.1) is 0 Å². The molecule has 0 fully saturated rings. The number of nitrogens with zero attached hydrogens (tertiary/aromatic N) is 1. The van der Waals surface area contributed by atoms with Gasteiger partial charge in [0.1, 0.15) is 5.82 Å². The van der Waals surface area contributed by atoms with Gasteiger partial charge >= 0.3 is 6.03 Å². The molecule has 1 aliphatic heterocycles. The summed E-state index contributed by atoms with van der Waals surface area (Å²) in [5.41, 5.74) is 2.42. The van der Waals surface area contributed by atoms with Gasteiger partial charge in [-0.15, -0.1) is 0 Å². The molecule has 2 aromatic rings. The lowest BCUT2D eigenvalue weighted by Gasteiger charge is -2.18. The molecule has 0 radical (unpaired) electrons. The van der Waals surface area contributed by atoms with Crippen LogP contribution in [-0.4, -0.2) is 31.3 Å². The highest BCUT2D eigenvalue weighted by atomic mass is 19.1. The lowest BCUT2D eigenvalue weighted by atomic mass is 10.1. The van der Waals surface area contributed by atoms with E-state index in [1.807, 2.05) is 24.3 Å². The summed E-state index contributed by atoms with van der Waals surface area (Å²) in [5, 5.41) is 2.87. The average Bonchev–Trinajstić information content (AvgIpc) is 3.05. The van der Waals surface area contributed by atoms with E-state index in [2.05, 4.69) is 5.32 Å². The van der Waals surface area contributed by atoms with Crippen molar-refractivity contribution in [1.29, 1.82) is 0 Å². The van der Waals surface area contributed by atoms with Gasteiger partial charge in [-0.3, -0.25) is 0 Å². The molecule has 0 aliphatic carbocycles. The van der Waals surface area contributed by atoms with Crippen molar-refractivity contribution >= 4 is 6.03 Å². The normalized spacial score (nSPS) is 12.1. The maximum Gasteiger partial charge on any atom is 0.317 e. The molecule has 1 aliphatic rings. The number of urea groups is 1. The Hall–Kier alpha value is -2.76. The van der Waals surface area contributed by atoms with Crippen LogP contribution in [0.1, 0.15) is 16.7 Å². The fraction of sp³-hybridized carbons (Fsp3) is 0.316. The third-order valence-corrected chi connectivity index (χ3v) is 4.13. The highest BCUT2D eigenvalue weighted by molar-refractivity contribution is 5.73. The van der Waals surface area contributed by atoms with Gasteiger partial charge in [0.25, 0.3) is 0 Å². The van der Waals surface area contributed by atoms with Gasteiger partial charge in [0, 0.05) is 20.1 Å². The topological polar surface area (TPSA) is 50.8 Å². The Bertz CT molecular complexity index is 779. The number of rotatable bonds is 5. The van der Waals surface area contributed by atoms with Gasteiger partial charge in [-0.2, -0.15) is 0 Å². The van der Waals surface area contributed by atoms with Crippen LogP contribution < -0.4 is 14.8 Å². The van der Waals surface area contributed by atoms with Crippen LogP contribution >= 0.6 is 0 Å². The van der Waals surface area contributed by atoms with Crippen molar-refractivity contribution in [2.45, 2.75) is 19.9 Å². The molecule has 0 bridgehead atoms. The molecule has 132 valence electrons. The quantitative estimate of drug-likeness (QED) is 0.906. The molecule has 6 heteroatoms. The van der Waals surface area contributed by atoms with Crippen LogP contribution in [0.2, 0.25) is 0 Å². The van der Waals surface area contributed by atoms with Gasteiger partial charge in [-0.05, 0) is 48.2 Å². The fourth-order valence-electron chi connectivity index (χ4n) is 2.63. The molecule has 3 rings (SSSR count). The molecule has 0 spiro atoms. The molecular weight excluding hydrogens is 323 g/mol. The van der Waals surface area contributed by atoms with Crippen LogP contribution in [0.4, 0.5) is 9.18 Å². The number of halogens is 1. The Morgan fingerprint density at radius 2 is 1.92 bits per heavy atom. The molecule has 25 heavy (non-hydrogen) atoms. The first-order chi connectivity index (χ1) is 12.0. The Morgan fingerprint density at radius 1 is 1.16 bits per heavy atom. The number of fused-ring (bicyclic) bond motifs is 1. The minimum Gasteiger partial charge on any atom is -0.454 e. The summed E-state index contributed by atoms with van der Waals surface area (Å²) >= 11 is 0. The Kier molecular flexibility index (Phi) is 5.07. The molecular formula is C19H21FN2O3. The van der Waals surface area contributed by atoms with Gasteiger partial charge in [-0.25, -0.2) is 9.18 Å². The molecule has 2 amide bonds. The summed E-state index contributed by atoms with van der Waals surface area (Å²) in [7, 11) is 1.69. The van der Waals surface area contributed by atoms with Gasteiger partial charge < -0.3 is 19.7 Å². The summed E-state index contributed by atoms with van der Waals surface area (Å²) in [4.78, 5) is 13.7. The van der Waals surface area contributed by atoms with E-state index in [0.29, 0.717) is 25.1 Å². The zero-order valence-corrected chi connectivity index (χ0v) is 14.3. The summed E-state index contributed by atoms with van der Waals surface area (Å²) in [6, 6.07) is 10.6. The van der Waals surface area contributed by atoms with E-state index in [1.165, 1.54) is 11.0 Å². The minimum absolute atomic E-state index is 0.193. The zero-order valence-electron chi connectivity index (χ0n) is 14.3. The molecule has 1 N–H and O–H groups in total. The minimum atomic E-state index is -0.255. The molecule has 0 saturated heterocycles. The predicted molar refractivity (Wildman–Crippen MR) is 92.3 cm³/mol. The largest absolute Gasteiger partial charge is 0.454 e. The predicted octanol–water partition coefficient (Wildman–Crippen LogP) is 3.25. The summed E-state index contributed by atoms with van der Waals surface area (Å²) < 4.78 is 24.2. The van der Waals surface area contributed by atoms with E-state index >= 15 is 0 Å². The third-order valence-electron chi connectivity index (χ3n) is 4.13. The molecule has 2 aromatic carbocycles. The highest BCUT2D eigenvalue weighted by Gasteiger charge is 2.14. The van der Waals surface area contributed by atoms with Crippen LogP contribution in [0.25, 0.3) is 0 Å². The number of nitrogens with one attached hydrogen (secondary N) is 1. The molecule has 0 unspecified atom stereocenters. The van der Waals surface area contributed by atoms with Crippen LogP contribution in [0.15, 0.2) is 36.4 Å². The Balaban J connectivity index is 1.47. The van der Waals surface area contributed by atoms with Crippen molar-refractivity contribution in [3.05, 3.63) is 58.9 Å². The second kappa shape index (κ2) is 7.42. The smallest absolute Gasteiger partial charge is 0.317 e. The number of amides is 2. The first-order valence-electron chi connectivity index (χ1n) is 8.15. The van der Waals surface area contributed by atoms with Crippen LogP contribution in [-0.2, 0) is 13.0 Å². The molecule has 5 nitrogen and oxygen atoms in total. The SMILES string of the molecule is Cc1ccc(CN(C)C(=O)NCCc2ccc3c(c2)OCO3)cc1F. The number of ether oxygens (including phenoxy) is 2. The van der Waals surface area contributed by atoms with E-state index in [-0.39, 0.29) is 18.6 Å². The van der Waals surface area contributed by atoms with Crippen LogP contribution in [0.3, 0.4) is 0 Å². The second-order valence-corrected chi connectivity index (χ2v) is 6.11. The van der Waals surface area contributed by atoms with Crippen molar-refractivity contribution in [2.24, 2.45) is 0 Å². The zero-order chi connectivity index (χ0) is 17.8. The summed E-state index contributed by atoms with van der Waals surface area (Å²) in [6.07, 6.45) is 0.690. The highest BCUT2D eigenvalue weighted by Crippen LogP contribution is 2.32. The number of aryl methyl sites for hydroxylation is 1. The fourth-order valence-corrected chi connectivity index (χ4v) is 2.63. The van der Waals surface area contributed by atoms with E-state index in [0.717, 1.165) is 22.6 Å². The maximum absolute atomic E-state index is 13.6. The second-order valence-electron chi connectivity index (χ2n) is 6.11. The lowest BCUT2D eigenvalue weighted by molar-refractivity contribution is 0.174. The Morgan fingerprint density at radius 3 is 2.72 bits per heavy atom. The van der Waals surface area contributed by atoms with Crippen molar-refractivity contribution in [2.75, 3.05) is 20.4 Å². The van der Waals surface area contributed by atoms with Gasteiger partial charge in [-0.1, -0.05) is 18.2 Å². The third kappa shape index (κ3) is 4.21. The maximum atomic E-state index is 13.6. The van der Waals surface area contributed by atoms with Crippen molar-refractivity contribution in [3.8, 4) is 11.5 Å². The van der Waals surface area contributed by atoms with Gasteiger partial charge in [0.15, 0.2) is 11.5 Å². The Labute approximate surface area is 146 Å². The summed E-state index contributed by atoms with van der Waals surface area (Å²) in [6.45, 7) is 2.82. The number of carbonyl (C=O) groups excluding carboxylic acids is 1. The van der Waals surface area contributed by atoms with Gasteiger partial charge in [0.2, 0.25) is 6.79 Å². The molecule has 1 heterocycles. The van der Waals surface area contributed by atoms with Crippen LogP contribution in [0.5, 0.6) is 11.5 Å². The average molecular weight is 344 g/mol. The van der Waals surface area contributed by atoms with E-state index in [9.17, 15) is 9.18 Å². The molecule has 0 atom stereocenters. The summed E-state index contributed by atoms with van der Waals surface area (Å²) in [5.74, 6) is 1.23. The first kappa shape index (κ1) is 17.1. The van der Waals surface area contributed by atoms with Crippen LogP contribution in [0, 0.1) is 12.7 Å². The number of hydrogen-bond acceptors (Lipinski definition) is 3. The molecule has 0 saturated carbocycles. The molecule has 0 aromatic heterocycles. The standard InChI is InChI=1S/C19H21FN2O3/c1-13-3-4-15(9-16(13)20)11-22(2)19(23)21-8-7-14-5-6-17-18(10-14)25-12-24-17/h3-6,9-10H,7-8,11-12H2,1-2H3,(H,21,23). The van der Waals surface area contributed by atoms with E-state index < -0.39 is 0 Å². The first-order valence-corrected chi connectivity index (χ1v) is 8.15. The number of benzene rings is 2. The van der Waals surface area contributed by atoms with Crippen molar-refractivity contribution in [1.82, 2.24) is 10.2 Å².